The number of pyridine rings is 1. The Morgan fingerprint density at radius 1 is 1.42 bits per heavy atom. The Bertz CT molecular complexity index is 817. The number of nitrogens with one attached hydrogen (secondary N) is 1. The number of aromatic amines is 1. The smallest absolute Gasteiger partial charge is 0.227 e. The van der Waals surface area contributed by atoms with E-state index in [2.05, 4.69) is 15.2 Å². The summed E-state index contributed by atoms with van der Waals surface area (Å²) >= 11 is 0. The Morgan fingerprint density at radius 2 is 2.25 bits per heavy atom. The SMILES string of the molecule is CS(=O)(=O)c1cn[nH]c1[C@H]1CCCN(C(=O)Cc2cccnc2)C1. The lowest BCUT2D eigenvalue weighted by Crippen LogP contribution is -2.40. The van der Waals surface area contributed by atoms with E-state index in [0.717, 1.165) is 18.4 Å². The zero-order valence-electron chi connectivity index (χ0n) is 13.5. The van der Waals surface area contributed by atoms with E-state index < -0.39 is 9.84 Å². The summed E-state index contributed by atoms with van der Waals surface area (Å²) in [5.74, 6) is -0.00283. The van der Waals surface area contributed by atoms with Gasteiger partial charge in [-0.05, 0) is 24.5 Å². The van der Waals surface area contributed by atoms with Crippen molar-refractivity contribution in [1.29, 1.82) is 0 Å². The normalized spacial score (nSPS) is 18.5. The molecule has 3 heterocycles. The van der Waals surface area contributed by atoms with Gasteiger partial charge in [0.1, 0.15) is 4.90 Å². The van der Waals surface area contributed by atoms with E-state index in [9.17, 15) is 13.2 Å². The standard InChI is InChI=1S/C16H20N4O3S/c1-24(22,23)14-10-18-19-16(14)13-5-3-7-20(11-13)15(21)8-12-4-2-6-17-9-12/h2,4,6,9-10,13H,3,5,7-8,11H2,1H3,(H,18,19)/t13-/m0/s1. The van der Waals surface area contributed by atoms with Crippen molar-refractivity contribution in [1.82, 2.24) is 20.1 Å². The molecule has 24 heavy (non-hydrogen) atoms. The number of amides is 1. The van der Waals surface area contributed by atoms with Gasteiger partial charge in [-0.15, -0.1) is 0 Å². The zero-order valence-corrected chi connectivity index (χ0v) is 14.3. The number of carbonyl (C=O) groups is 1. The van der Waals surface area contributed by atoms with Gasteiger partial charge in [0.25, 0.3) is 0 Å². The van der Waals surface area contributed by atoms with Gasteiger partial charge in [0.05, 0.1) is 18.3 Å². The number of piperidine rings is 1. The molecule has 1 fully saturated rings. The first-order chi connectivity index (χ1) is 11.4. The van der Waals surface area contributed by atoms with Crippen LogP contribution in [0.1, 0.15) is 30.0 Å². The molecule has 0 radical (unpaired) electrons. The van der Waals surface area contributed by atoms with E-state index in [0.29, 0.717) is 25.2 Å². The second-order valence-corrected chi connectivity index (χ2v) is 8.12. The summed E-state index contributed by atoms with van der Waals surface area (Å²) in [7, 11) is -3.33. The average molecular weight is 348 g/mol. The van der Waals surface area contributed by atoms with Gasteiger partial charge in [-0.25, -0.2) is 8.42 Å². The molecule has 1 aliphatic heterocycles. The molecule has 2 aromatic rings. The largest absolute Gasteiger partial charge is 0.342 e. The Morgan fingerprint density at radius 3 is 2.96 bits per heavy atom. The molecule has 1 aliphatic rings. The lowest BCUT2D eigenvalue weighted by atomic mass is 9.94. The average Bonchev–Trinajstić information content (AvgIpc) is 3.06. The summed E-state index contributed by atoms with van der Waals surface area (Å²) in [4.78, 5) is 18.6. The first-order valence-corrected chi connectivity index (χ1v) is 9.74. The van der Waals surface area contributed by atoms with Crippen LogP contribution in [0, 0.1) is 0 Å². The van der Waals surface area contributed by atoms with Crippen LogP contribution in [-0.4, -0.2) is 53.8 Å². The Kier molecular flexibility index (Phi) is 4.66. The van der Waals surface area contributed by atoms with Crippen molar-refractivity contribution in [3.63, 3.8) is 0 Å². The van der Waals surface area contributed by atoms with Crippen molar-refractivity contribution >= 4 is 15.7 Å². The highest BCUT2D eigenvalue weighted by molar-refractivity contribution is 7.90. The van der Waals surface area contributed by atoms with Gasteiger partial charge in [0, 0.05) is 37.7 Å². The van der Waals surface area contributed by atoms with Gasteiger partial charge < -0.3 is 4.90 Å². The third-order valence-corrected chi connectivity index (χ3v) is 5.42. The number of hydrogen-bond donors (Lipinski definition) is 1. The zero-order chi connectivity index (χ0) is 17.2. The predicted octanol–water partition coefficient (Wildman–Crippen LogP) is 1.16. The highest BCUT2D eigenvalue weighted by Gasteiger charge is 2.29. The molecular weight excluding hydrogens is 328 g/mol. The maximum absolute atomic E-state index is 12.5. The molecule has 128 valence electrons. The molecule has 2 aromatic heterocycles. The van der Waals surface area contributed by atoms with Gasteiger partial charge >= 0.3 is 0 Å². The lowest BCUT2D eigenvalue weighted by molar-refractivity contribution is -0.131. The van der Waals surface area contributed by atoms with Gasteiger partial charge in [0.2, 0.25) is 5.91 Å². The van der Waals surface area contributed by atoms with Crippen molar-refractivity contribution in [3.05, 3.63) is 42.0 Å². The second kappa shape index (κ2) is 6.72. The molecular formula is C16H20N4O3S. The predicted molar refractivity (Wildman–Crippen MR) is 88.2 cm³/mol. The van der Waals surface area contributed by atoms with E-state index in [4.69, 9.17) is 0 Å². The topological polar surface area (TPSA) is 96.0 Å². The second-order valence-electron chi connectivity index (χ2n) is 6.14. The fraction of sp³-hybridized carbons (Fsp3) is 0.438. The number of carbonyl (C=O) groups excluding carboxylic acids is 1. The minimum Gasteiger partial charge on any atom is -0.342 e. The van der Waals surface area contributed by atoms with Crippen molar-refractivity contribution in [3.8, 4) is 0 Å². The number of nitrogens with zero attached hydrogens (tertiary/aromatic N) is 3. The summed E-state index contributed by atoms with van der Waals surface area (Å²) in [5, 5.41) is 6.70. The third kappa shape index (κ3) is 3.64. The molecule has 0 aliphatic carbocycles. The molecule has 1 amide bonds. The van der Waals surface area contributed by atoms with Crippen LogP contribution in [0.5, 0.6) is 0 Å². The molecule has 0 bridgehead atoms. The minimum absolute atomic E-state index is 0.0353. The van der Waals surface area contributed by atoms with Crippen LogP contribution < -0.4 is 0 Å². The van der Waals surface area contributed by atoms with E-state index in [1.54, 1.807) is 17.3 Å². The van der Waals surface area contributed by atoms with Crippen LogP contribution >= 0.6 is 0 Å². The fourth-order valence-electron chi connectivity index (χ4n) is 3.10. The Hall–Kier alpha value is -2.22. The van der Waals surface area contributed by atoms with Crippen LogP contribution in [0.25, 0.3) is 0 Å². The molecule has 0 unspecified atom stereocenters. The molecule has 3 rings (SSSR count). The maximum Gasteiger partial charge on any atom is 0.227 e. The highest BCUT2D eigenvalue weighted by atomic mass is 32.2. The van der Waals surface area contributed by atoms with E-state index in [-0.39, 0.29) is 16.7 Å². The number of H-pyrrole nitrogens is 1. The Labute approximate surface area is 141 Å². The quantitative estimate of drug-likeness (QED) is 0.894. The summed E-state index contributed by atoms with van der Waals surface area (Å²) < 4.78 is 23.7. The monoisotopic (exact) mass is 348 g/mol. The molecule has 7 nitrogen and oxygen atoms in total. The van der Waals surface area contributed by atoms with Crippen molar-refractivity contribution in [2.24, 2.45) is 0 Å². The van der Waals surface area contributed by atoms with Crippen molar-refractivity contribution < 1.29 is 13.2 Å². The maximum atomic E-state index is 12.5. The summed E-state index contributed by atoms with van der Waals surface area (Å²) in [6, 6.07) is 3.69. The highest BCUT2D eigenvalue weighted by Crippen LogP contribution is 2.30. The van der Waals surface area contributed by atoms with Crippen molar-refractivity contribution in [2.45, 2.75) is 30.1 Å². The Balaban J connectivity index is 1.73. The van der Waals surface area contributed by atoms with Gasteiger partial charge in [-0.3, -0.25) is 14.9 Å². The molecule has 1 N–H and O–H groups in total. The number of sulfone groups is 1. The first-order valence-electron chi connectivity index (χ1n) is 7.85. The summed E-state index contributed by atoms with van der Waals surface area (Å²) in [6.45, 7) is 1.20. The first kappa shape index (κ1) is 16.6. The van der Waals surface area contributed by atoms with Gasteiger partial charge in [-0.2, -0.15) is 5.10 Å². The van der Waals surface area contributed by atoms with Crippen LogP contribution in [0.4, 0.5) is 0 Å². The summed E-state index contributed by atoms with van der Waals surface area (Å²) in [6.07, 6.45) is 7.87. The fourth-order valence-corrected chi connectivity index (χ4v) is 3.96. The van der Waals surface area contributed by atoms with Crippen LogP contribution in [0.15, 0.2) is 35.6 Å². The lowest BCUT2D eigenvalue weighted by Gasteiger charge is -2.32. The molecule has 1 saturated heterocycles. The van der Waals surface area contributed by atoms with E-state index in [1.807, 2.05) is 12.1 Å². The molecule has 0 spiro atoms. The molecule has 0 aromatic carbocycles. The van der Waals surface area contributed by atoms with Crippen LogP contribution in [0.3, 0.4) is 0 Å². The van der Waals surface area contributed by atoms with E-state index >= 15 is 0 Å². The third-order valence-electron chi connectivity index (χ3n) is 4.29. The number of aromatic nitrogens is 3. The number of rotatable bonds is 4. The molecule has 1 atom stereocenters. The van der Waals surface area contributed by atoms with Gasteiger partial charge in [-0.1, -0.05) is 6.07 Å². The van der Waals surface area contributed by atoms with Crippen LogP contribution in [0.2, 0.25) is 0 Å². The van der Waals surface area contributed by atoms with Crippen LogP contribution in [-0.2, 0) is 21.1 Å². The number of likely N-dealkylation sites (tertiary alicyclic amines) is 1. The number of hydrogen-bond acceptors (Lipinski definition) is 5. The van der Waals surface area contributed by atoms with Gasteiger partial charge in [0.15, 0.2) is 9.84 Å². The molecule has 8 heteroatoms. The molecule has 0 saturated carbocycles. The summed E-state index contributed by atoms with van der Waals surface area (Å²) in [5.41, 5.74) is 1.49. The minimum atomic E-state index is -3.33. The van der Waals surface area contributed by atoms with Crippen molar-refractivity contribution in [2.75, 3.05) is 19.3 Å². The van der Waals surface area contributed by atoms with E-state index in [1.165, 1.54) is 12.5 Å².